The third kappa shape index (κ3) is 7.26. The standard InChI is InChI=1S/C21H31NO5S/c1-21(2,3)27-20(24)22-13-12-19(23)17-10-7-11-18(14-17)28(25,26)15-16-8-5-4-6-9-16/h7,10-11,14,16H,4-6,8-9,12-13,15H2,1-3H3,(H,22,24). The topological polar surface area (TPSA) is 89.5 Å². The maximum Gasteiger partial charge on any atom is 0.407 e. The first kappa shape index (κ1) is 22.4. The second-order valence-corrected chi connectivity index (χ2v) is 10.4. The summed E-state index contributed by atoms with van der Waals surface area (Å²) >= 11 is 0. The first-order chi connectivity index (χ1) is 13.1. The molecule has 0 unspecified atom stereocenters. The zero-order chi connectivity index (χ0) is 20.8. The highest BCUT2D eigenvalue weighted by atomic mass is 32.2. The van der Waals surface area contributed by atoms with E-state index in [1.807, 2.05) is 0 Å². The van der Waals surface area contributed by atoms with Crippen molar-refractivity contribution in [1.29, 1.82) is 0 Å². The van der Waals surface area contributed by atoms with Gasteiger partial charge in [0, 0.05) is 18.5 Å². The lowest BCUT2D eigenvalue weighted by molar-refractivity contribution is 0.0527. The number of hydrogen-bond acceptors (Lipinski definition) is 5. The van der Waals surface area contributed by atoms with E-state index in [0.29, 0.717) is 5.56 Å². The molecule has 28 heavy (non-hydrogen) atoms. The monoisotopic (exact) mass is 409 g/mol. The van der Waals surface area contributed by atoms with Gasteiger partial charge in [-0.2, -0.15) is 0 Å². The van der Waals surface area contributed by atoms with Crippen LogP contribution in [0.25, 0.3) is 0 Å². The highest BCUT2D eigenvalue weighted by Gasteiger charge is 2.24. The van der Waals surface area contributed by atoms with Gasteiger partial charge in [-0.25, -0.2) is 13.2 Å². The second kappa shape index (κ2) is 9.54. The van der Waals surface area contributed by atoms with Crippen molar-refractivity contribution in [3.8, 4) is 0 Å². The Morgan fingerprint density at radius 2 is 1.82 bits per heavy atom. The largest absolute Gasteiger partial charge is 0.444 e. The molecular formula is C21H31NO5S. The lowest BCUT2D eigenvalue weighted by Crippen LogP contribution is -2.33. The van der Waals surface area contributed by atoms with Crippen molar-refractivity contribution in [3.05, 3.63) is 29.8 Å². The number of Topliss-reactive ketones (excluding diaryl/α,β-unsaturated/α-hetero) is 1. The molecule has 1 aromatic rings. The summed E-state index contributed by atoms with van der Waals surface area (Å²) in [5.74, 6) is 0.132. The fourth-order valence-corrected chi connectivity index (χ4v) is 5.10. The van der Waals surface area contributed by atoms with E-state index >= 15 is 0 Å². The maximum atomic E-state index is 12.7. The van der Waals surface area contributed by atoms with Crippen LogP contribution >= 0.6 is 0 Å². The number of hydrogen-bond donors (Lipinski definition) is 1. The minimum atomic E-state index is -3.41. The van der Waals surface area contributed by atoms with E-state index in [-0.39, 0.29) is 35.3 Å². The van der Waals surface area contributed by atoms with Gasteiger partial charge in [0.2, 0.25) is 0 Å². The summed E-state index contributed by atoms with van der Waals surface area (Å²) in [7, 11) is -3.41. The molecule has 6 nitrogen and oxygen atoms in total. The molecule has 1 amide bonds. The van der Waals surface area contributed by atoms with Crippen LogP contribution in [0.3, 0.4) is 0 Å². The van der Waals surface area contributed by atoms with E-state index in [2.05, 4.69) is 5.32 Å². The summed E-state index contributed by atoms with van der Waals surface area (Å²) in [6.07, 6.45) is 4.75. The van der Waals surface area contributed by atoms with Crippen molar-refractivity contribution >= 4 is 21.7 Å². The fourth-order valence-electron chi connectivity index (χ4n) is 3.36. The van der Waals surface area contributed by atoms with Crippen LogP contribution in [0.2, 0.25) is 0 Å². The number of ketones is 1. The normalized spacial score (nSPS) is 15.8. The summed E-state index contributed by atoms with van der Waals surface area (Å²) < 4.78 is 30.6. The number of sulfone groups is 1. The Bertz CT molecular complexity index is 789. The van der Waals surface area contributed by atoms with Gasteiger partial charge in [0.05, 0.1) is 10.6 Å². The molecule has 7 heteroatoms. The predicted molar refractivity (Wildman–Crippen MR) is 108 cm³/mol. The molecule has 0 saturated heterocycles. The van der Waals surface area contributed by atoms with E-state index < -0.39 is 21.5 Å². The minimum absolute atomic E-state index is 0.0748. The summed E-state index contributed by atoms with van der Waals surface area (Å²) in [5, 5.41) is 2.54. The molecule has 156 valence electrons. The zero-order valence-electron chi connectivity index (χ0n) is 17.0. The van der Waals surface area contributed by atoms with Crippen LogP contribution in [-0.4, -0.2) is 38.2 Å². The number of nitrogens with one attached hydrogen (secondary N) is 1. The van der Waals surface area contributed by atoms with Gasteiger partial charge in [-0.3, -0.25) is 4.79 Å². The molecule has 0 aliphatic heterocycles. The van der Waals surface area contributed by atoms with E-state index in [4.69, 9.17) is 4.74 Å². The highest BCUT2D eigenvalue weighted by molar-refractivity contribution is 7.91. The fraction of sp³-hybridized carbons (Fsp3) is 0.619. The quantitative estimate of drug-likeness (QED) is 0.684. The molecule has 0 bridgehead atoms. The molecule has 1 aliphatic rings. The lowest BCUT2D eigenvalue weighted by atomic mass is 9.91. The minimum Gasteiger partial charge on any atom is -0.444 e. The summed E-state index contributed by atoms with van der Waals surface area (Å²) in [6.45, 7) is 5.41. The van der Waals surface area contributed by atoms with Gasteiger partial charge in [0.15, 0.2) is 15.6 Å². The first-order valence-electron chi connectivity index (χ1n) is 9.90. The molecule has 1 saturated carbocycles. The Balaban J connectivity index is 1.94. The van der Waals surface area contributed by atoms with Crippen LogP contribution in [0.15, 0.2) is 29.2 Å². The van der Waals surface area contributed by atoms with Crippen LogP contribution in [0.1, 0.15) is 69.7 Å². The average molecular weight is 410 g/mol. The third-order valence-electron chi connectivity index (χ3n) is 4.72. The van der Waals surface area contributed by atoms with Crippen LogP contribution in [0.5, 0.6) is 0 Å². The number of amides is 1. The number of alkyl carbamates (subject to hydrolysis) is 1. The van der Waals surface area contributed by atoms with E-state index in [0.717, 1.165) is 25.7 Å². The van der Waals surface area contributed by atoms with Crippen LogP contribution < -0.4 is 5.32 Å². The zero-order valence-corrected chi connectivity index (χ0v) is 17.8. The lowest BCUT2D eigenvalue weighted by Gasteiger charge is -2.21. The van der Waals surface area contributed by atoms with Crippen molar-refractivity contribution in [2.24, 2.45) is 5.92 Å². The highest BCUT2D eigenvalue weighted by Crippen LogP contribution is 2.27. The molecule has 0 atom stereocenters. The molecule has 1 fully saturated rings. The SMILES string of the molecule is CC(C)(C)OC(=O)NCCC(=O)c1cccc(S(=O)(=O)CC2CCCCC2)c1. The summed E-state index contributed by atoms with van der Waals surface area (Å²) in [5.41, 5.74) is -0.259. The van der Waals surface area contributed by atoms with Crippen molar-refractivity contribution in [3.63, 3.8) is 0 Å². The molecule has 0 aromatic heterocycles. The molecule has 2 rings (SSSR count). The van der Waals surface area contributed by atoms with Gasteiger partial charge in [0.25, 0.3) is 0 Å². The van der Waals surface area contributed by atoms with Crippen molar-refractivity contribution in [2.75, 3.05) is 12.3 Å². The Labute approximate surface area is 168 Å². The van der Waals surface area contributed by atoms with Gasteiger partial charge in [-0.05, 0) is 51.7 Å². The Morgan fingerprint density at radius 3 is 2.46 bits per heavy atom. The van der Waals surface area contributed by atoms with Crippen LogP contribution in [0.4, 0.5) is 4.79 Å². The summed E-state index contributed by atoms with van der Waals surface area (Å²) in [4.78, 5) is 24.2. The Kier molecular flexibility index (Phi) is 7.63. The third-order valence-corrected chi connectivity index (χ3v) is 6.60. The second-order valence-electron chi connectivity index (χ2n) is 8.42. The summed E-state index contributed by atoms with van der Waals surface area (Å²) in [6, 6.07) is 6.21. The van der Waals surface area contributed by atoms with E-state index in [1.165, 1.54) is 12.5 Å². The average Bonchev–Trinajstić information content (AvgIpc) is 2.60. The van der Waals surface area contributed by atoms with Gasteiger partial charge < -0.3 is 10.1 Å². The predicted octanol–water partition coefficient (Wildman–Crippen LogP) is 4.14. The van der Waals surface area contributed by atoms with E-state index in [1.54, 1.807) is 39.0 Å². The molecule has 0 spiro atoms. The van der Waals surface area contributed by atoms with Gasteiger partial charge in [0.1, 0.15) is 5.60 Å². The van der Waals surface area contributed by atoms with Crippen molar-refractivity contribution in [2.45, 2.75) is 69.8 Å². The number of carbonyl (C=O) groups excluding carboxylic acids is 2. The van der Waals surface area contributed by atoms with Crippen LogP contribution in [0, 0.1) is 5.92 Å². The van der Waals surface area contributed by atoms with Gasteiger partial charge in [-0.1, -0.05) is 31.4 Å². The first-order valence-corrected chi connectivity index (χ1v) is 11.5. The van der Waals surface area contributed by atoms with Gasteiger partial charge in [-0.15, -0.1) is 0 Å². The maximum absolute atomic E-state index is 12.7. The molecule has 1 aromatic carbocycles. The smallest absolute Gasteiger partial charge is 0.407 e. The number of rotatable bonds is 7. The van der Waals surface area contributed by atoms with Gasteiger partial charge >= 0.3 is 6.09 Å². The van der Waals surface area contributed by atoms with Crippen molar-refractivity contribution < 1.29 is 22.7 Å². The molecule has 1 N–H and O–H groups in total. The molecule has 1 aliphatic carbocycles. The van der Waals surface area contributed by atoms with Crippen LogP contribution in [-0.2, 0) is 14.6 Å². The molecule has 0 heterocycles. The molecular weight excluding hydrogens is 378 g/mol. The number of carbonyl (C=O) groups is 2. The Morgan fingerprint density at radius 1 is 1.14 bits per heavy atom. The molecule has 0 radical (unpaired) electrons. The Hall–Kier alpha value is -1.89. The number of ether oxygens (including phenoxy) is 1. The van der Waals surface area contributed by atoms with E-state index in [9.17, 15) is 18.0 Å². The number of benzene rings is 1. The van der Waals surface area contributed by atoms with Crippen molar-refractivity contribution in [1.82, 2.24) is 5.32 Å².